The van der Waals surface area contributed by atoms with Crippen molar-refractivity contribution in [1.82, 2.24) is 9.38 Å². The van der Waals surface area contributed by atoms with E-state index < -0.39 is 0 Å². The number of benzene rings is 1. The third-order valence-electron chi connectivity index (χ3n) is 8.20. The molecule has 4 unspecified atom stereocenters. The van der Waals surface area contributed by atoms with Gasteiger partial charge in [-0.25, -0.2) is 4.39 Å². The zero-order chi connectivity index (χ0) is 17.4. The molecule has 0 spiro atoms. The Labute approximate surface area is 144 Å². The van der Waals surface area contributed by atoms with Gasteiger partial charge in [-0.2, -0.15) is 4.98 Å². The van der Waals surface area contributed by atoms with E-state index in [1.165, 1.54) is 6.20 Å². The lowest BCUT2D eigenvalue weighted by atomic mass is 9.28. The monoisotopic (exact) mass is 334 g/mol. The van der Waals surface area contributed by atoms with Crippen LogP contribution < -0.4 is 5.56 Å². The first-order chi connectivity index (χ1) is 11.8. The average Bonchev–Trinajstić information content (AvgIpc) is 2.67. The van der Waals surface area contributed by atoms with E-state index in [-0.39, 0.29) is 28.1 Å². The summed E-state index contributed by atoms with van der Waals surface area (Å²) >= 11 is 0. The second kappa shape index (κ2) is 3.64. The number of hydrogen-bond donors (Lipinski definition) is 0. The van der Waals surface area contributed by atoms with Crippen molar-refractivity contribution in [1.29, 1.82) is 0 Å². The molecule has 0 amide bonds. The lowest BCUT2D eigenvalue weighted by Gasteiger charge is -2.75. The fraction of sp³-hybridized carbons (Fsp3) is 0.429. The molecule has 3 aliphatic carbocycles. The minimum absolute atomic E-state index is 0.0834. The molecule has 0 radical (unpaired) electrons. The minimum atomic E-state index is -0.258. The van der Waals surface area contributed by atoms with Crippen LogP contribution in [-0.2, 0) is 5.41 Å². The molecule has 126 valence electrons. The molecule has 3 aromatic rings. The predicted octanol–water partition coefficient (Wildman–Crippen LogP) is 4.16. The zero-order valence-corrected chi connectivity index (χ0v) is 14.6. The van der Waals surface area contributed by atoms with Crippen molar-refractivity contribution in [3.05, 3.63) is 57.9 Å². The fourth-order valence-electron chi connectivity index (χ4n) is 6.85. The smallest absolute Gasteiger partial charge is 0.277 e. The van der Waals surface area contributed by atoms with Gasteiger partial charge in [-0.3, -0.25) is 4.79 Å². The number of hydrogen-bond acceptors (Lipinski definition) is 2. The third-order valence-corrected chi connectivity index (χ3v) is 8.20. The molecule has 2 saturated carbocycles. The van der Waals surface area contributed by atoms with E-state index >= 15 is 0 Å². The van der Waals surface area contributed by atoms with Gasteiger partial charge in [0, 0.05) is 33.6 Å². The molecule has 0 aliphatic heterocycles. The summed E-state index contributed by atoms with van der Waals surface area (Å²) in [6, 6.07) is 7.28. The van der Waals surface area contributed by atoms with Crippen molar-refractivity contribution in [2.75, 3.05) is 0 Å². The first-order valence-corrected chi connectivity index (χ1v) is 8.96. The first kappa shape index (κ1) is 14.0. The van der Waals surface area contributed by atoms with Crippen LogP contribution in [0, 0.1) is 16.6 Å². The molecule has 2 fully saturated rings. The third kappa shape index (κ3) is 1.16. The second-order valence-corrected chi connectivity index (χ2v) is 8.92. The van der Waals surface area contributed by atoms with Gasteiger partial charge < -0.3 is 4.40 Å². The molecular formula is C21H19FN2O. The summed E-state index contributed by atoms with van der Waals surface area (Å²) in [4.78, 5) is 17.4. The summed E-state index contributed by atoms with van der Waals surface area (Å²) in [5.41, 5.74) is 2.62. The Kier molecular flexibility index (Phi) is 2.04. The molecule has 3 aliphatic rings. The van der Waals surface area contributed by atoms with Crippen molar-refractivity contribution in [3.63, 3.8) is 0 Å². The summed E-state index contributed by atoms with van der Waals surface area (Å²) in [6.45, 7) is 6.90. The number of halogens is 1. The van der Waals surface area contributed by atoms with Gasteiger partial charge in [-0.1, -0.05) is 45.0 Å². The maximum Gasteiger partial charge on any atom is 0.277 e. The van der Waals surface area contributed by atoms with Crippen LogP contribution in [0.5, 0.6) is 0 Å². The van der Waals surface area contributed by atoms with Gasteiger partial charge in [0.25, 0.3) is 5.56 Å². The van der Waals surface area contributed by atoms with Gasteiger partial charge in [0.15, 0.2) is 0 Å². The van der Waals surface area contributed by atoms with Crippen molar-refractivity contribution in [2.24, 2.45) is 10.8 Å². The highest BCUT2D eigenvalue weighted by Crippen LogP contribution is 2.86. The molecule has 0 bridgehead atoms. The highest BCUT2D eigenvalue weighted by atomic mass is 19.1. The Morgan fingerprint density at radius 1 is 1.20 bits per heavy atom. The highest BCUT2D eigenvalue weighted by molar-refractivity contribution is 5.94. The van der Waals surface area contributed by atoms with E-state index in [9.17, 15) is 9.18 Å². The summed E-state index contributed by atoms with van der Waals surface area (Å²) in [5, 5.41) is 1.22. The number of pyridine rings is 1. The Morgan fingerprint density at radius 3 is 2.64 bits per heavy atom. The molecule has 25 heavy (non-hydrogen) atoms. The van der Waals surface area contributed by atoms with Crippen LogP contribution in [-0.4, -0.2) is 9.38 Å². The Balaban J connectivity index is 1.83. The topological polar surface area (TPSA) is 34.4 Å². The molecular weight excluding hydrogens is 315 g/mol. The van der Waals surface area contributed by atoms with Crippen molar-refractivity contribution < 1.29 is 4.39 Å². The lowest BCUT2D eigenvalue weighted by Crippen LogP contribution is -2.70. The maximum atomic E-state index is 14.8. The van der Waals surface area contributed by atoms with E-state index in [0.717, 1.165) is 24.1 Å². The molecule has 4 atom stereocenters. The number of nitrogens with zero attached hydrogens (tertiary/aromatic N) is 2. The number of aromatic nitrogens is 2. The van der Waals surface area contributed by atoms with Crippen LogP contribution >= 0.6 is 0 Å². The van der Waals surface area contributed by atoms with E-state index in [4.69, 9.17) is 0 Å². The summed E-state index contributed by atoms with van der Waals surface area (Å²) < 4.78 is 16.7. The van der Waals surface area contributed by atoms with Crippen LogP contribution in [0.15, 0.2) is 35.3 Å². The molecule has 2 heterocycles. The van der Waals surface area contributed by atoms with Gasteiger partial charge in [-0.05, 0) is 29.6 Å². The normalized spacial score (nSPS) is 37.5. The molecule has 3 nitrogen and oxygen atoms in total. The Hall–Kier alpha value is -2.23. The number of fused-ring (bicyclic) bond motifs is 7. The van der Waals surface area contributed by atoms with Crippen LogP contribution in [0.2, 0.25) is 0 Å². The largest absolute Gasteiger partial charge is 0.301 e. The summed E-state index contributed by atoms with van der Waals surface area (Å²) in [6.07, 6.45) is 3.64. The number of rotatable bonds is 0. The standard InChI is InChI=1S/C21H19FN2O/c1-19-8-13-15-16(20(2,10-19)21(13,19)3)24-9-14(22)11-6-4-5-7-12(11)17(24)23-18(15)25/h4-7,9,13H,8,10H2,1-3H3. The van der Waals surface area contributed by atoms with Gasteiger partial charge in [-0.15, -0.1) is 0 Å². The molecule has 0 N–H and O–H groups in total. The molecule has 1 aromatic carbocycles. The van der Waals surface area contributed by atoms with E-state index in [1.807, 2.05) is 22.6 Å². The molecule has 0 saturated heterocycles. The lowest BCUT2D eigenvalue weighted by molar-refractivity contribution is -0.228. The van der Waals surface area contributed by atoms with Crippen LogP contribution in [0.1, 0.15) is 50.8 Å². The van der Waals surface area contributed by atoms with E-state index in [0.29, 0.717) is 21.8 Å². The second-order valence-electron chi connectivity index (χ2n) is 8.92. The van der Waals surface area contributed by atoms with Crippen LogP contribution in [0.4, 0.5) is 4.39 Å². The van der Waals surface area contributed by atoms with Gasteiger partial charge in [0.2, 0.25) is 0 Å². The van der Waals surface area contributed by atoms with E-state index in [2.05, 4.69) is 25.8 Å². The highest BCUT2D eigenvalue weighted by Gasteiger charge is 2.81. The zero-order valence-electron chi connectivity index (χ0n) is 14.6. The van der Waals surface area contributed by atoms with Gasteiger partial charge >= 0.3 is 0 Å². The Bertz CT molecular complexity index is 1200. The molecule has 2 aromatic heterocycles. The summed E-state index contributed by atoms with van der Waals surface area (Å²) in [7, 11) is 0. The first-order valence-electron chi connectivity index (χ1n) is 8.96. The van der Waals surface area contributed by atoms with Gasteiger partial charge in [0.1, 0.15) is 11.5 Å². The van der Waals surface area contributed by atoms with Crippen LogP contribution in [0.3, 0.4) is 0 Å². The fourth-order valence-corrected chi connectivity index (χ4v) is 6.85. The van der Waals surface area contributed by atoms with Crippen molar-refractivity contribution >= 4 is 16.4 Å². The van der Waals surface area contributed by atoms with E-state index in [1.54, 1.807) is 6.07 Å². The quantitative estimate of drug-likeness (QED) is 0.579. The SMILES string of the molecule is CC12CC3c4c(n5cc(F)c6ccccc6c5nc4=O)C(C)(C1)C32C. The maximum absolute atomic E-state index is 14.8. The average molecular weight is 334 g/mol. The summed E-state index contributed by atoms with van der Waals surface area (Å²) in [5.74, 6) is 0.00326. The predicted molar refractivity (Wildman–Crippen MR) is 94.5 cm³/mol. The van der Waals surface area contributed by atoms with Crippen LogP contribution in [0.25, 0.3) is 16.4 Å². The van der Waals surface area contributed by atoms with Crippen molar-refractivity contribution in [2.45, 2.75) is 44.9 Å². The van der Waals surface area contributed by atoms with Crippen molar-refractivity contribution in [3.8, 4) is 0 Å². The van der Waals surface area contributed by atoms with Gasteiger partial charge in [0.05, 0.1) is 0 Å². The minimum Gasteiger partial charge on any atom is -0.301 e. The Morgan fingerprint density at radius 2 is 1.92 bits per heavy atom. The molecule has 6 rings (SSSR count). The molecule has 4 heteroatoms.